The van der Waals surface area contributed by atoms with E-state index in [2.05, 4.69) is 31.9 Å². The van der Waals surface area contributed by atoms with E-state index >= 15 is 0 Å². The number of carboxylic acid groups (broad SMARTS) is 3. The Morgan fingerprint density at radius 3 is 1.84 bits per heavy atom. The summed E-state index contributed by atoms with van der Waals surface area (Å²) in [7, 11) is 0. The fourth-order valence-electron chi connectivity index (χ4n) is 6.30. The van der Waals surface area contributed by atoms with Crippen LogP contribution < -0.4 is 31.9 Å². The van der Waals surface area contributed by atoms with Gasteiger partial charge in [0, 0.05) is 51.7 Å². The number of carbonyl (C=O) groups excluding carboxylic acids is 5. The quantitative estimate of drug-likeness (QED) is 0.0448. The van der Waals surface area contributed by atoms with E-state index < -0.39 is 60.8 Å². The number of ether oxygens (including phenoxy) is 3. The van der Waals surface area contributed by atoms with Gasteiger partial charge in [0.2, 0.25) is 23.6 Å². The van der Waals surface area contributed by atoms with Crippen molar-refractivity contribution >= 4 is 47.6 Å². The van der Waals surface area contributed by atoms with Crippen LogP contribution in [0.4, 0.5) is 4.79 Å². The Hall–Kier alpha value is -5.54. The van der Waals surface area contributed by atoms with E-state index in [1.165, 1.54) is 19.1 Å². The predicted molar refractivity (Wildman–Crippen MR) is 216 cm³/mol. The smallest absolute Gasteiger partial charge is 0.326 e. The van der Waals surface area contributed by atoms with Crippen molar-refractivity contribution in [2.75, 3.05) is 59.3 Å². The molecule has 1 saturated carbocycles. The lowest BCUT2D eigenvalue weighted by Crippen LogP contribution is -2.51. The molecule has 0 aliphatic heterocycles. The van der Waals surface area contributed by atoms with Gasteiger partial charge < -0.3 is 66.5 Å². The van der Waals surface area contributed by atoms with Crippen molar-refractivity contribution in [3.63, 3.8) is 0 Å². The number of phenolic OH excluding ortho intramolecular Hbond substituents is 1. The Morgan fingerprint density at radius 2 is 1.25 bits per heavy atom. The molecule has 0 saturated heterocycles. The molecule has 2 rings (SSSR count). The van der Waals surface area contributed by atoms with Crippen LogP contribution in [0.1, 0.15) is 76.7 Å². The number of rotatable bonds is 31. The van der Waals surface area contributed by atoms with Gasteiger partial charge in [-0.2, -0.15) is 0 Å². The van der Waals surface area contributed by atoms with Crippen LogP contribution in [0, 0.1) is 11.8 Å². The van der Waals surface area contributed by atoms with Crippen molar-refractivity contribution in [2.45, 2.75) is 95.7 Å². The van der Waals surface area contributed by atoms with Crippen molar-refractivity contribution in [1.82, 2.24) is 31.9 Å². The number of phenols is 1. The van der Waals surface area contributed by atoms with E-state index in [0.29, 0.717) is 83.8 Å². The molecule has 0 aromatic heterocycles. The molecule has 1 aliphatic rings. The summed E-state index contributed by atoms with van der Waals surface area (Å²) in [5.41, 5.74) is 0.691. The van der Waals surface area contributed by atoms with E-state index in [9.17, 15) is 53.7 Å². The van der Waals surface area contributed by atoms with Crippen LogP contribution in [-0.2, 0) is 54.2 Å². The van der Waals surface area contributed by atoms with Gasteiger partial charge >= 0.3 is 23.9 Å². The number of hydrogen-bond acceptors (Lipinski definition) is 12. The van der Waals surface area contributed by atoms with Gasteiger partial charge in [-0.25, -0.2) is 14.4 Å². The fraction of sp³-hybridized carbons (Fsp3) is 0.650. The molecule has 1 aliphatic carbocycles. The summed E-state index contributed by atoms with van der Waals surface area (Å²) in [5.74, 6) is -5.21. The van der Waals surface area contributed by atoms with E-state index in [1.807, 2.05) is 0 Å². The van der Waals surface area contributed by atoms with Crippen LogP contribution in [0.15, 0.2) is 24.3 Å². The summed E-state index contributed by atoms with van der Waals surface area (Å²) in [6.07, 6.45) is 2.45. The van der Waals surface area contributed by atoms with Crippen LogP contribution in [0.3, 0.4) is 0 Å². The first-order chi connectivity index (χ1) is 29.1. The van der Waals surface area contributed by atoms with Crippen molar-refractivity contribution in [3.8, 4) is 5.75 Å². The fourth-order valence-corrected chi connectivity index (χ4v) is 6.30. The SMILES string of the molecule is CC(=O)NCCOCCOCCOCCC(=O)NCC1CCC(C(=O)N[C@@H](Cc2ccc(O)cc2)C(=O)NCCCC[C@H](NC(=O)N[C@@H](CCC(=O)O)C(=O)O)C(=O)O)CC1. The van der Waals surface area contributed by atoms with Crippen LogP contribution in [0.25, 0.3) is 0 Å². The highest BCUT2D eigenvalue weighted by Gasteiger charge is 2.30. The monoisotopic (exact) mass is 866 g/mol. The molecular weight excluding hydrogens is 804 g/mol. The minimum absolute atomic E-state index is 0.0405. The second-order valence-electron chi connectivity index (χ2n) is 14.6. The molecule has 0 bridgehead atoms. The van der Waals surface area contributed by atoms with E-state index in [4.69, 9.17) is 19.3 Å². The lowest BCUT2D eigenvalue weighted by Gasteiger charge is -2.29. The molecule has 1 aromatic carbocycles. The molecule has 0 heterocycles. The van der Waals surface area contributed by atoms with Crippen molar-refractivity contribution in [1.29, 1.82) is 0 Å². The topological polar surface area (TPSA) is 317 Å². The standard InChI is InChI=1S/C40H62N6O15/c1-26(47)41-17-19-60-21-23-61-22-20-59-18-15-34(49)43-25-28-5-9-29(10-6-28)36(52)44-33(24-27-7-11-30(48)12-8-27)37(53)42-16-3-2-4-31(38(54)55)45-40(58)46-32(39(56)57)13-14-35(50)51/h7-8,11-12,28-29,31-33,48H,2-6,9-10,13-25H2,1H3,(H,41,47)(H,42,53)(H,43,49)(H,44,52)(H,50,51)(H,54,55)(H,56,57)(H2,45,46,58)/t28?,29?,31-,32-,33-/m0/s1. The summed E-state index contributed by atoms with van der Waals surface area (Å²) >= 11 is 0. The normalized spacial score (nSPS) is 16.2. The van der Waals surface area contributed by atoms with Gasteiger partial charge in [-0.15, -0.1) is 0 Å². The number of nitrogens with one attached hydrogen (secondary N) is 6. The molecule has 6 amide bonds. The van der Waals surface area contributed by atoms with Gasteiger partial charge in [-0.3, -0.25) is 24.0 Å². The number of benzene rings is 1. The van der Waals surface area contributed by atoms with Gasteiger partial charge in [0.15, 0.2) is 0 Å². The zero-order chi connectivity index (χ0) is 45.0. The molecule has 10 N–H and O–H groups in total. The maximum absolute atomic E-state index is 13.4. The average molecular weight is 867 g/mol. The van der Waals surface area contributed by atoms with Crippen LogP contribution in [-0.4, -0.2) is 145 Å². The summed E-state index contributed by atoms with van der Waals surface area (Å²) < 4.78 is 16.2. The molecule has 342 valence electrons. The number of urea groups is 1. The van der Waals surface area contributed by atoms with Gasteiger partial charge in [-0.05, 0) is 75.0 Å². The number of aromatic hydroxyl groups is 1. The summed E-state index contributed by atoms with van der Waals surface area (Å²) in [5, 5.41) is 52.8. The summed E-state index contributed by atoms with van der Waals surface area (Å²) in [4.78, 5) is 96.1. The zero-order valence-corrected chi connectivity index (χ0v) is 34.6. The highest BCUT2D eigenvalue weighted by molar-refractivity contribution is 5.89. The van der Waals surface area contributed by atoms with Crippen molar-refractivity contribution < 1.29 is 73.0 Å². The Morgan fingerprint density at radius 1 is 0.656 bits per heavy atom. The third-order valence-corrected chi connectivity index (χ3v) is 9.72. The first-order valence-electron chi connectivity index (χ1n) is 20.5. The second kappa shape index (κ2) is 29.6. The van der Waals surface area contributed by atoms with E-state index in [0.717, 1.165) is 0 Å². The third kappa shape index (κ3) is 23.7. The number of unbranched alkanes of at least 4 members (excludes halogenated alkanes) is 1. The maximum atomic E-state index is 13.4. The van der Waals surface area contributed by atoms with Crippen molar-refractivity contribution in [2.24, 2.45) is 11.8 Å². The van der Waals surface area contributed by atoms with Gasteiger partial charge in [0.1, 0.15) is 23.9 Å². The highest BCUT2D eigenvalue weighted by Crippen LogP contribution is 2.29. The molecule has 1 fully saturated rings. The van der Waals surface area contributed by atoms with Crippen LogP contribution in [0.5, 0.6) is 5.75 Å². The first-order valence-corrected chi connectivity index (χ1v) is 20.5. The highest BCUT2D eigenvalue weighted by atomic mass is 16.5. The average Bonchev–Trinajstić information content (AvgIpc) is 3.21. The number of carboxylic acids is 3. The number of hydrogen-bond donors (Lipinski definition) is 10. The molecule has 0 radical (unpaired) electrons. The Bertz CT molecular complexity index is 1560. The summed E-state index contributed by atoms with van der Waals surface area (Å²) in [6, 6.07) is 1.26. The van der Waals surface area contributed by atoms with Crippen LogP contribution >= 0.6 is 0 Å². The van der Waals surface area contributed by atoms with E-state index in [1.54, 1.807) is 12.1 Å². The molecule has 21 nitrogen and oxygen atoms in total. The predicted octanol–water partition coefficient (Wildman–Crippen LogP) is 0.275. The molecule has 21 heteroatoms. The lowest BCUT2D eigenvalue weighted by atomic mass is 9.81. The van der Waals surface area contributed by atoms with Crippen LogP contribution in [0.2, 0.25) is 0 Å². The molecule has 1 aromatic rings. The molecule has 3 atom stereocenters. The third-order valence-electron chi connectivity index (χ3n) is 9.72. The number of amides is 6. The van der Waals surface area contributed by atoms with E-state index in [-0.39, 0.29) is 74.1 Å². The molecule has 0 unspecified atom stereocenters. The Labute approximate surface area is 354 Å². The van der Waals surface area contributed by atoms with Gasteiger partial charge in [-0.1, -0.05) is 12.1 Å². The Balaban J connectivity index is 1.73. The minimum atomic E-state index is -1.53. The number of aliphatic carboxylic acids is 3. The second-order valence-corrected chi connectivity index (χ2v) is 14.6. The zero-order valence-electron chi connectivity index (χ0n) is 34.6. The lowest BCUT2D eigenvalue weighted by molar-refractivity contribution is -0.141. The molecule has 0 spiro atoms. The maximum Gasteiger partial charge on any atom is 0.326 e. The largest absolute Gasteiger partial charge is 0.508 e. The van der Waals surface area contributed by atoms with Gasteiger partial charge in [0.25, 0.3) is 0 Å². The Kier molecular flexibility index (Phi) is 25.1. The minimum Gasteiger partial charge on any atom is -0.508 e. The molecule has 61 heavy (non-hydrogen) atoms. The molecular formula is C40H62N6O15. The van der Waals surface area contributed by atoms with Gasteiger partial charge in [0.05, 0.1) is 39.6 Å². The van der Waals surface area contributed by atoms with Crippen molar-refractivity contribution in [3.05, 3.63) is 29.8 Å². The summed E-state index contributed by atoms with van der Waals surface area (Å²) in [6.45, 7) is 4.59. The first kappa shape index (κ1) is 51.6. The number of carbonyl (C=O) groups is 8.